The number of ether oxygens (including phenoxy) is 2. The van der Waals surface area contributed by atoms with E-state index < -0.39 is 0 Å². The second kappa shape index (κ2) is 5.36. The Morgan fingerprint density at radius 3 is 3.05 bits per heavy atom. The van der Waals surface area contributed by atoms with Gasteiger partial charge < -0.3 is 25.0 Å². The van der Waals surface area contributed by atoms with E-state index in [-0.39, 0.29) is 6.03 Å². The Hall–Kier alpha value is -1.95. The summed E-state index contributed by atoms with van der Waals surface area (Å²) >= 11 is 0. The Bertz CT molecular complexity index is 478. The number of hydrogen-bond acceptors (Lipinski definition) is 4. The van der Waals surface area contributed by atoms with Gasteiger partial charge in [0, 0.05) is 32.7 Å². The van der Waals surface area contributed by atoms with Gasteiger partial charge in [-0.1, -0.05) is 6.07 Å². The van der Waals surface area contributed by atoms with Gasteiger partial charge in [0.1, 0.15) is 0 Å². The van der Waals surface area contributed by atoms with Crippen molar-refractivity contribution in [3.05, 3.63) is 23.8 Å². The first-order chi connectivity index (χ1) is 9.33. The summed E-state index contributed by atoms with van der Waals surface area (Å²) < 4.78 is 10.6. The lowest BCUT2D eigenvalue weighted by Gasteiger charge is -2.14. The van der Waals surface area contributed by atoms with Crippen LogP contribution in [0.3, 0.4) is 0 Å². The number of urea groups is 1. The van der Waals surface area contributed by atoms with Crippen LogP contribution in [0.1, 0.15) is 5.56 Å². The molecule has 0 saturated carbocycles. The molecular weight excluding hydrogens is 246 g/mol. The monoisotopic (exact) mass is 263 g/mol. The zero-order valence-electron chi connectivity index (χ0n) is 10.6. The second-order valence-electron chi connectivity index (χ2n) is 4.58. The predicted octanol–water partition coefficient (Wildman–Crippen LogP) is 0.530. The highest BCUT2D eigenvalue weighted by Crippen LogP contribution is 2.32. The fourth-order valence-electron chi connectivity index (χ4n) is 2.22. The second-order valence-corrected chi connectivity index (χ2v) is 4.58. The first-order valence-corrected chi connectivity index (χ1v) is 6.45. The summed E-state index contributed by atoms with van der Waals surface area (Å²) in [7, 11) is 0. The lowest BCUT2D eigenvalue weighted by atomic mass is 10.2. The van der Waals surface area contributed by atoms with Gasteiger partial charge in [0.25, 0.3) is 0 Å². The van der Waals surface area contributed by atoms with Gasteiger partial charge in [-0.05, 0) is 17.7 Å². The van der Waals surface area contributed by atoms with Gasteiger partial charge in [-0.2, -0.15) is 0 Å². The molecule has 1 aromatic rings. The van der Waals surface area contributed by atoms with Crippen LogP contribution in [0, 0.1) is 0 Å². The molecule has 6 nitrogen and oxygen atoms in total. The molecule has 102 valence electrons. The molecule has 0 spiro atoms. The zero-order chi connectivity index (χ0) is 13.1. The number of benzene rings is 1. The highest BCUT2D eigenvalue weighted by atomic mass is 16.7. The molecule has 3 rings (SSSR count). The summed E-state index contributed by atoms with van der Waals surface area (Å²) in [4.78, 5) is 13.1. The minimum Gasteiger partial charge on any atom is -0.454 e. The van der Waals surface area contributed by atoms with Gasteiger partial charge in [0.15, 0.2) is 11.5 Å². The topological polar surface area (TPSA) is 62.8 Å². The summed E-state index contributed by atoms with van der Waals surface area (Å²) in [5.41, 5.74) is 1.15. The molecule has 2 amide bonds. The molecule has 0 bridgehead atoms. The molecule has 1 saturated heterocycles. The Balaban J connectivity index is 1.43. The van der Waals surface area contributed by atoms with Crippen molar-refractivity contribution < 1.29 is 14.3 Å². The van der Waals surface area contributed by atoms with Crippen LogP contribution in [0.4, 0.5) is 4.79 Å². The van der Waals surface area contributed by atoms with Gasteiger partial charge in [-0.3, -0.25) is 0 Å². The maximum Gasteiger partial charge on any atom is 0.317 e. The van der Waals surface area contributed by atoms with Crippen molar-refractivity contribution in [1.29, 1.82) is 0 Å². The highest BCUT2D eigenvalue weighted by Gasteiger charge is 2.18. The van der Waals surface area contributed by atoms with E-state index in [2.05, 4.69) is 10.6 Å². The number of amides is 2. The largest absolute Gasteiger partial charge is 0.454 e. The van der Waals surface area contributed by atoms with Gasteiger partial charge in [0.2, 0.25) is 6.79 Å². The van der Waals surface area contributed by atoms with Gasteiger partial charge in [-0.25, -0.2) is 4.79 Å². The van der Waals surface area contributed by atoms with Crippen LogP contribution in [0.25, 0.3) is 0 Å². The molecule has 6 heteroatoms. The van der Waals surface area contributed by atoms with Crippen molar-refractivity contribution >= 4 is 6.03 Å². The quantitative estimate of drug-likeness (QED) is 0.761. The number of carbonyl (C=O) groups excluding carboxylic acids is 1. The van der Waals surface area contributed by atoms with Crippen molar-refractivity contribution in [2.75, 3.05) is 33.0 Å². The molecule has 19 heavy (non-hydrogen) atoms. The fraction of sp³-hybridized carbons (Fsp3) is 0.462. The number of fused-ring (bicyclic) bond motifs is 1. The smallest absolute Gasteiger partial charge is 0.317 e. The van der Waals surface area contributed by atoms with E-state index in [1.807, 2.05) is 23.1 Å². The zero-order valence-corrected chi connectivity index (χ0v) is 10.6. The Kier molecular flexibility index (Phi) is 3.41. The molecule has 0 aliphatic carbocycles. The maximum atomic E-state index is 11.3. The van der Waals surface area contributed by atoms with E-state index in [1.54, 1.807) is 0 Å². The molecule has 0 unspecified atom stereocenters. The minimum atomic E-state index is 0.0323. The van der Waals surface area contributed by atoms with Crippen molar-refractivity contribution in [1.82, 2.24) is 15.5 Å². The number of rotatable bonds is 5. The number of nitrogens with zero attached hydrogens (tertiary/aromatic N) is 1. The fourth-order valence-corrected chi connectivity index (χ4v) is 2.22. The summed E-state index contributed by atoms with van der Waals surface area (Å²) in [6, 6.07) is 5.96. The molecule has 1 fully saturated rings. The number of nitrogens with one attached hydrogen (secondary N) is 2. The van der Waals surface area contributed by atoms with Crippen LogP contribution >= 0.6 is 0 Å². The van der Waals surface area contributed by atoms with E-state index in [4.69, 9.17) is 9.47 Å². The van der Waals surface area contributed by atoms with E-state index in [1.165, 1.54) is 0 Å². The Morgan fingerprint density at radius 1 is 1.32 bits per heavy atom. The van der Waals surface area contributed by atoms with Crippen LogP contribution < -0.4 is 20.1 Å². The summed E-state index contributed by atoms with van der Waals surface area (Å²) in [6.45, 7) is 4.12. The molecule has 2 N–H and O–H groups in total. The van der Waals surface area contributed by atoms with Crippen LogP contribution in [-0.2, 0) is 6.54 Å². The van der Waals surface area contributed by atoms with E-state index in [0.717, 1.165) is 49.8 Å². The average molecular weight is 263 g/mol. The first-order valence-electron chi connectivity index (χ1n) is 6.45. The number of carbonyl (C=O) groups is 1. The maximum absolute atomic E-state index is 11.3. The normalized spacial score (nSPS) is 16.8. The molecule has 1 aromatic carbocycles. The summed E-state index contributed by atoms with van der Waals surface area (Å²) in [5.74, 6) is 1.61. The first kappa shape index (κ1) is 12.1. The van der Waals surface area contributed by atoms with Gasteiger partial charge in [-0.15, -0.1) is 0 Å². The lowest BCUT2D eigenvalue weighted by Crippen LogP contribution is -2.34. The van der Waals surface area contributed by atoms with Crippen LogP contribution in [-0.4, -0.2) is 43.9 Å². The van der Waals surface area contributed by atoms with Crippen molar-refractivity contribution in [3.8, 4) is 11.5 Å². The standard InChI is InChI=1S/C13H17N3O3/c17-13-15-4-6-16(13)5-3-14-8-10-1-2-11-12(7-10)19-9-18-11/h1-2,7,14H,3-6,8-9H2,(H,15,17). The van der Waals surface area contributed by atoms with Crippen LogP contribution in [0.5, 0.6) is 11.5 Å². The molecule has 2 aliphatic heterocycles. The SMILES string of the molecule is O=C1NCCN1CCNCc1ccc2c(c1)OCO2. The van der Waals surface area contributed by atoms with Crippen molar-refractivity contribution in [2.45, 2.75) is 6.54 Å². The molecule has 2 aliphatic rings. The third-order valence-corrected chi connectivity index (χ3v) is 3.27. The molecule has 2 heterocycles. The summed E-state index contributed by atoms with van der Waals surface area (Å²) in [5, 5.41) is 6.11. The molecular formula is C13H17N3O3. The molecule has 0 radical (unpaired) electrons. The van der Waals surface area contributed by atoms with Crippen molar-refractivity contribution in [3.63, 3.8) is 0 Å². The Labute approximate surface area is 111 Å². The predicted molar refractivity (Wildman–Crippen MR) is 69.2 cm³/mol. The van der Waals surface area contributed by atoms with E-state index >= 15 is 0 Å². The van der Waals surface area contributed by atoms with Crippen LogP contribution in [0.2, 0.25) is 0 Å². The third-order valence-electron chi connectivity index (χ3n) is 3.27. The summed E-state index contributed by atoms with van der Waals surface area (Å²) in [6.07, 6.45) is 0. The Morgan fingerprint density at radius 2 is 2.21 bits per heavy atom. The van der Waals surface area contributed by atoms with Crippen LogP contribution in [0.15, 0.2) is 18.2 Å². The van der Waals surface area contributed by atoms with E-state index in [9.17, 15) is 4.79 Å². The molecule has 0 atom stereocenters. The highest BCUT2D eigenvalue weighted by molar-refractivity contribution is 5.76. The van der Waals surface area contributed by atoms with Crippen molar-refractivity contribution in [2.24, 2.45) is 0 Å². The minimum absolute atomic E-state index is 0.0323. The third kappa shape index (κ3) is 2.73. The average Bonchev–Trinajstić information content (AvgIpc) is 3.03. The lowest BCUT2D eigenvalue weighted by molar-refractivity contribution is 0.174. The van der Waals surface area contributed by atoms with Gasteiger partial charge >= 0.3 is 6.03 Å². The molecule has 0 aromatic heterocycles. The number of hydrogen-bond donors (Lipinski definition) is 2. The van der Waals surface area contributed by atoms with E-state index in [0.29, 0.717) is 6.79 Å². The van der Waals surface area contributed by atoms with Gasteiger partial charge in [0.05, 0.1) is 0 Å².